The van der Waals surface area contributed by atoms with Crippen LogP contribution in [0.2, 0.25) is 0 Å². The second-order valence-corrected chi connectivity index (χ2v) is 4.12. The molecule has 2 atom stereocenters. The lowest BCUT2D eigenvalue weighted by Crippen LogP contribution is -2.52. The second kappa shape index (κ2) is 3.99. The summed E-state index contributed by atoms with van der Waals surface area (Å²) in [6.07, 6.45) is 1.98. The predicted octanol–water partition coefficient (Wildman–Crippen LogP) is 0.267. The van der Waals surface area contributed by atoms with E-state index in [4.69, 9.17) is 0 Å². The summed E-state index contributed by atoms with van der Waals surface area (Å²) in [5.41, 5.74) is -2.75. The maximum atomic E-state index is 11.6. The minimum absolute atomic E-state index is 0.220. The van der Waals surface area contributed by atoms with Gasteiger partial charge in [-0.15, -0.1) is 0 Å². The number of hydrogen-bond donors (Lipinski definition) is 5. The first kappa shape index (κ1) is 12.9. The van der Waals surface area contributed by atoms with Crippen LogP contribution in [0.15, 0.2) is 47.2 Å². The van der Waals surface area contributed by atoms with E-state index in [1.165, 1.54) is 12.2 Å². The Morgan fingerprint density at radius 1 is 1.26 bits per heavy atom. The maximum Gasteiger partial charge on any atom is 0.325 e. The lowest BCUT2D eigenvalue weighted by molar-refractivity contribution is -0.157. The van der Waals surface area contributed by atoms with Gasteiger partial charge in [0.25, 0.3) is 0 Å². The Hall–Kier alpha value is -2.54. The molecule has 19 heavy (non-hydrogen) atoms. The summed E-state index contributed by atoms with van der Waals surface area (Å²) < 4.78 is 0. The molecule has 0 radical (unpaired) electrons. The molecule has 2 unspecified atom stereocenters. The molecule has 0 spiro atoms. The van der Waals surface area contributed by atoms with Gasteiger partial charge in [0.15, 0.2) is 22.7 Å². The van der Waals surface area contributed by atoms with Crippen molar-refractivity contribution in [3.8, 4) is 0 Å². The average molecular weight is 266 g/mol. The van der Waals surface area contributed by atoms with E-state index in [9.17, 15) is 35.1 Å². The number of Topliss-reactive ketones (excluding diaryl/α,β-unsaturated/α-hetero) is 1. The fourth-order valence-corrected chi connectivity index (χ4v) is 2.14. The number of carboxylic acids is 1. The Labute approximate surface area is 106 Å². The van der Waals surface area contributed by atoms with E-state index >= 15 is 0 Å². The summed E-state index contributed by atoms with van der Waals surface area (Å²) in [5.74, 6) is -5.64. The first-order chi connectivity index (χ1) is 8.83. The van der Waals surface area contributed by atoms with Gasteiger partial charge in [-0.2, -0.15) is 0 Å². The molecule has 7 heteroatoms. The van der Waals surface area contributed by atoms with Crippen LogP contribution in [-0.4, -0.2) is 43.4 Å². The third-order valence-corrected chi connectivity index (χ3v) is 3.14. The van der Waals surface area contributed by atoms with Crippen molar-refractivity contribution >= 4 is 11.8 Å². The van der Waals surface area contributed by atoms with Crippen molar-refractivity contribution in [1.29, 1.82) is 0 Å². The Balaban J connectivity index is 2.85. The summed E-state index contributed by atoms with van der Waals surface area (Å²) in [6, 6.07) is 0. The van der Waals surface area contributed by atoms with Crippen molar-refractivity contribution in [2.75, 3.05) is 0 Å². The Morgan fingerprint density at radius 2 is 1.89 bits per heavy atom. The molecule has 0 saturated carbocycles. The van der Waals surface area contributed by atoms with Gasteiger partial charge in [0.2, 0.25) is 5.78 Å². The summed E-state index contributed by atoms with van der Waals surface area (Å²) in [5, 5.41) is 48.0. The van der Waals surface area contributed by atoms with Gasteiger partial charge >= 0.3 is 5.97 Å². The highest BCUT2D eigenvalue weighted by atomic mass is 16.4. The molecule has 0 aromatic carbocycles. The number of fused-ring (bicyclic) bond motifs is 1. The van der Waals surface area contributed by atoms with Crippen LogP contribution in [-0.2, 0) is 9.59 Å². The third kappa shape index (κ3) is 1.48. The number of aliphatic hydroxyl groups excluding tert-OH is 4. The molecule has 0 aromatic heterocycles. The first-order valence-corrected chi connectivity index (χ1v) is 5.21. The standard InChI is InChI=1S/C12H10O7/c13-6-3-1-2-5-4-7(14)8(15)10(17)12(5,9(6)16)11(18)19/h1-4,10,13-14,16-17H,(H,18,19). The predicted molar refractivity (Wildman–Crippen MR) is 61.3 cm³/mol. The molecule has 2 rings (SSSR count). The molecule has 7 nitrogen and oxygen atoms in total. The average Bonchev–Trinajstić information content (AvgIpc) is 2.46. The number of carboxylic acid groups (broad SMARTS) is 1. The molecule has 100 valence electrons. The normalized spacial score (nSPS) is 30.4. The van der Waals surface area contributed by atoms with Gasteiger partial charge in [0, 0.05) is 0 Å². The van der Waals surface area contributed by atoms with Crippen LogP contribution in [0.3, 0.4) is 0 Å². The number of aliphatic hydroxyl groups is 4. The Morgan fingerprint density at radius 3 is 2.47 bits per heavy atom. The van der Waals surface area contributed by atoms with Gasteiger partial charge in [-0.05, 0) is 17.7 Å². The summed E-state index contributed by atoms with van der Waals surface area (Å²) in [7, 11) is 0. The number of allylic oxidation sites excluding steroid dienone is 4. The second-order valence-electron chi connectivity index (χ2n) is 4.12. The largest absolute Gasteiger partial charge is 0.507 e. The van der Waals surface area contributed by atoms with E-state index in [1.807, 2.05) is 0 Å². The van der Waals surface area contributed by atoms with E-state index in [0.29, 0.717) is 0 Å². The fraction of sp³-hybridized carbons (Fsp3) is 0.167. The van der Waals surface area contributed by atoms with Crippen LogP contribution in [0, 0.1) is 5.41 Å². The molecule has 0 saturated heterocycles. The lowest BCUT2D eigenvalue weighted by atomic mass is 9.68. The highest BCUT2D eigenvalue weighted by Crippen LogP contribution is 2.45. The van der Waals surface area contributed by atoms with Crippen molar-refractivity contribution in [3.63, 3.8) is 0 Å². The van der Waals surface area contributed by atoms with Crippen molar-refractivity contribution in [2.45, 2.75) is 6.10 Å². The van der Waals surface area contributed by atoms with Crippen LogP contribution in [0.5, 0.6) is 0 Å². The molecule has 0 heterocycles. The SMILES string of the molecule is O=C1C(O)=CC2=CC=CC(O)=C(O)C2(C(=O)O)C1O. The van der Waals surface area contributed by atoms with Gasteiger partial charge < -0.3 is 25.5 Å². The minimum Gasteiger partial charge on any atom is -0.507 e. The zero-order valence-electron chi connectivity index (χ0n) is 9.44. The van der Waals surface area contributed by atoms with Crippen LogP contribution in [0.4, 0.5) is 0 Å². The maximum absolute atomic E-state index is 11.6. The van der Waals surface area contributed by atoms with E-state index < -0.39 is 40.5 Å². The molecule has 2 aliphatic rings. The van der Waals surface area contributed by atoms with Crippen LogP contribution in [0.25, 0.3) is 0 Å². The van der Waals surface area contributed by atoms with E-state index in [0.717, 1.165) is 12.2 Å². The van der Waals surface area contributed by atoms with Crippen LogP contribution in [0.1, 0.15) is 0 Å². The summed E-state index contributed by atoms with van der Waals surface area (Å²) >= 11 is 0. The number of carbonyl (C=O) groups excluding carboxylic acids is 1. The van der Waals surface area contributed by atoms with Crippen molar-refractivity contribution < 1.29 is 35.1 Å². The van der Waals surface area contributed by atoms with Crippen LogP contribution < -0.4 is 0 Å². The molecular formula is C12H10O7. The molecular weight excluding hydrogens is 256 g/mol. The Kier molecular flexibility index (Phi) is 2.71. The van der Waals surface area contributed by atoms with Gasteiger partial charge in [-0.25, -0.2) is 0 Å². The number of aliphatic carboxylic acids is 1. The molecule has 5 N–H and O–H groups in total. The van der Waals surface area contributed by atoms with E-state index in [2.05, 4.69) is 0 Å². The van der Waals surface area contributed by atoms with Crippen LogP contribution >= 0.6 is 0 Å². The zero-order valence-corrected chi connectivity index (χ0v) is 9.44. The van der Waals surface area contributed by atoms with Gasteiger partial charge in [0.1, 0.15) is 6.10 Å². The zero-order chi connectivity index (χ0) is 14.4. The fourth-order valence-electron chi connectivity index (χ4n) is 2.14. The number of hydrogen-bond acceptors (Lipinski definition) is 6. The van der Waals surface area contributed by atoms with Gasteiger partial charge in [-0.3, -0.25) is 9.59 Å². The topological polar surface area (TPSA) is 135 Å². The van der Waals surface area contributed by atoms with E-state index in [1.54, 1.807) is 0 Å². The molecule has 0 aromatic rings. The first-order valence-electron chi connectivity index (χ1n) is 5.21. The molecule has 0 bridgehead atoms. The summed E-state index contributed by atoms with van der Waals surface area (Å²) in [4.78, 5) is 23.0. The smallest absolute Gasteiger partial charge is 0.325 e. The molecule has 2 aliphatic carbocycles. The summed E-state index contributed by atoms with van der Waals surface area (Å²) in [6.45, 7) is 0. The van der Waals surface area contributed by atoms with E-state index in [-0.39, 0.29) is 5.57 Å². The van der Waals surface area contributed by atoms with Crippen molar-refractivity contribution in [1.82, 2.24) is 0 Å². The van der Waals surface area contributed by atoms with Gasteiger partial charge in [-0.1, -0.05) is 12.2 Å². The highest BCUT2D eigenvalue weighted by molar-refractivity contribution is 6.05. The third-order valence-electron chi connectivity index (χ3n) is 3.14. The van der Waals surface area contributed by atoms with Gasteiger partial charge in [0.05, 0.1) is 0 Å². The molecule has 0 aliphatic heterocycles. The quantitative estimate of drug-likeness (QED) is 0.459. The number of ketones is 1. The molecule has 0 amide bonds. The highest BCUT2D eigenvalue weighted by Gasteiger charge is 2.59. The van der Waals surface area contributed by atoms with Crippen molar-refractivity contribution in [3.05, 3.63) is 47.2 Å². The minimum atomic E-state index is -2.53. The number of carbonyl (C=O) groups is 2. The monoisotopic (exact) mass is 266 g/mol. The molecule has 0 fully saturated rings. The van der Waals surface area contributed by atoms with Crippen molar-refractivity contribution in [2.24, 2.45) is 5.41 Å². The lowest BCUT2D eigenvalue weighted by Gasteiger charge is -2.35. The Bertz CT molecular complexity index is 593. The number of rotatable bonds is 1.